The summed E-state index contributed by atoms with van der Waals surface area (Å²) in [5.41, 5.74) is 0.945. The molecule has 1 fully saturated rings. The normalized spacial score (nSPS) is 15.3. The maximum atomic E-state index is 12.3. The van der Waals surface area contributed by atoms with Gasteiger partial charge in [0.1, 0.15) is 0 Å². The monoisotopic (exact) mass is 385 g/mol. The van der Waals surface area contributed by atoms with Gasteiger partial charge in [0.2, 0.25) is 0 Å². The van der Waals surface area contributed by atoms with E-state index in [1.807, 2.05) is 30.3 Å². The van der Waals surface area contributed by atoms with E-state index < -0.39 is 0 Å². The quantitative estimate of drug-likeness (QED) is 0.632. The fourth-order valence-corrected chi connectivity index (χ4v) is 4.05. The summed E-state index contributed by atoms with van der Waals surface area (Å²) >= 11 is 1.56. The molecular weight excluding hydrogens is 362 g/mol. The molecule has 0 spiro atoms. The number of rotatable bonds is 7. The zero-order valence-electron chi connectivity index (χ0n) is 15.1. The van der Waals surface area contributed by atoms with Gasteiger partial charge in [-0.2, -0.15) is 0 Å². The molecule has 6 nitrogen and oxygen atoms in total. The Bertz CT molecular complexity index is 866. The Morgan fingerprint density at radius 1 is 1.15 bits per heavy atom. The number of carbonyl (C=O) groups is 1. The molecule has 1 aliphatic heterocycles. The van der Waals surface area contributed by atoms with Gasteiger partial charge in [-0.05, 0) is 43.7 Å². The number of nitrogens with zero attached hydrogens (tertiary/aromatic N) is 2. The Labute approximate surface area is 162 Å². The number of aromatic nitrogens is 1. The predicted molar refractivity (Wildman–Crippen MR) is 106 cm³/mol. The Morgan fingerprint density at radius 2 is 2.00 bits per heavy atom. The number of thiazole rings is 1. The molecule has 2 aromatic heterocycles. The molecule has 0 unspecified atom stereocenters. The van der Waals surface area contributed by atoms with Gasteiger partial charge in [0.05, 0.1) is 23.4 Å². The summed E-state index contributed by atoms with van der Waals surface area (Å²) in [4.78, 5) is 19.2. The molecule has 1 aromatic carbocycles. The van der Waals surface area contributed by atoms with Crippen molar-refractivity contribution in [3.05, 3.63) is 42.2 Å². The number of furan rings is 1. The van der Waals surface area contributed by atoms with Gasteiger partial charge in [0.25, 0.3) is 5.91 Å². The van der Waals surface area contributed by atoms with Crippen LogP contribution in [0.3, 0.4) is 0 Å². The number of morpholine rings is 1. The molecule has 0 radical (unpaired) electrons. The van der Waals surface area contributed by atoms with Crippen molar-refractivity contribution in [3.8, 4) is 10.8 Å². The first-order valence-electron chi connectivity index (χ1n) is 9.34. The van der Waals surface area contributed by atoms with Crippen LogP contribution in [0.2, 0.25) is 0 Å². The Morgan fingerprint density at radius 3 is 2.85 bits per heavy atom. The molecule has 0 saturated carbocycles. The largest absolute Gasteiger partial charge is 0.448 e. The summed E-state index contributed by atoms with van der Waals surface area (Å²) in [6, 6.07) is 11.5. The van der Waals surface area contributed by atoms with E-state index in [2.05, 4.69) is 15.2 Å². The number of benzene rings is 1. The highest BCUT2D eigenvalue weighted by atomic mass is 32.1. The zero-order valence-corrected chi connectivity index (χ0v) is 16.0. The summed E-state index contributed by atoms with van der Waals surface area (Å²) in [6.07, 6.45) is 2.02. The second kappa shape index (κ2) is 8.65. The Balaban J connectivity index is 1.26. The summed E-state index contributed by atoms with van der Waals surface area (Å²) in [7, 11) is 0. The number of nitrogens with one attached hydrogen (secondary N) is 1. The van der Waals surface area contributed by atoms with Crippen molar-refractivity contribution in [3.63, 3.8) is 0 Å². The van der Waals surface area contributed by atoms with Crippen LogP contribution in [0.1, 0.15) is 23.4 Å². The van der Waals surface area contributed by atoms with E-state index in [1.54, 1.807) is 17.4 Å². The van der Waals surface area contributed by atoms with E-state index in [4.69, 9.17) is 9.15 Å². The van der Waals surface area contributed by atoms with Gasteiger partial charge in [-0.3, -0.25) is 9.69 Å². The molecule has 0 bridgehead atoms. The van der Waals surface area contributed by atoms with Crippen molar-refractivity contribution in [1.29, 1.82) is 0 Å². The van der Waals surface area contributed by atoms with Crippen molar-refractivity contribution >= 4 is 27.5 Å². The first kappa shape index (κ1) is 18.2. The lowest BCUT2D eigenvalue weighted by Crippen LogP contribution is -2.37. The number of hydrogen-bond donors (Lipinski definition) is 1. The van der Waals surface area contributed by atoms with E-state index in [9.17, 15) is 4.79 Å². The average molecular weight is 385 g/mol. The summed E-state index contributed by atoms with van der Waals surface area (Å²) in [5, 5.41) is 3.73. The maximum Gasteiger partial charge on any atom is 0.287 e. The molecule has 142 valence electrons. The van der Waals surface area contributed by atoms with E-state index in [0.717, 1.165) is 60.9 Å². The summed E-state index contributed by atoms with van der Waals surface area (Å²) in [6.45, 7) is 5.38. The highest BCUT2D eigenvalue weighted by molar-refractivity contribution is 7.21. The van der Waals surface area contributed by atoms with Crippen molar-refractivity contribution in [2.45, 2.75) is 12.8 Å². The molecule has 3 aromatic rings. The topological polar surface area (TPSA) is 67.6 Å². The van der Waals surface area contributed by atoms with E-state index in [0.29, 0.717) is 18.1 Å². The van der Waals surface area contributed by atoms with Gasteiger partial charge in [-0.25, -0.2) is 4.98 Å². The third-order valence-electron chi connectivity index (χ3n) is 4.62. The SMILES string of the molecule is O=C(NCCCCN1CCOCC1)c1ccc(-c2nc3ccccc3s2)o1. The van der Waals surface area contributed by atoms with Gasteiger partial charge in [0.15, 0.2) is 16.5 Å². The number of ether oxygens (including phenoxy) is 1. The number of para-hydroxylation sites is 1. The van der Waals surface area contributed by atoms with Crippen molar-refractivity contribution < 1.29 is 13.9 Å². The lowest BCUT2D eigenvalue weighted by atomic mass is 10.2. The minimum Gasteiger partial charge on any atom is -0.448 e. The van der Waals surface area contributed by atoms with E-state index >= 15 is 0 Å². The number of fused-ring (bicyclic) bond motifs is 1. The molecule has 4 rings (SSSR count). The second-order valence-electron chi connectivity index (χ2n) is 6.57. The van der Waals surface area contributed by atoms with Gasteiger partial charge in [-0.15, -0.1) is 11.3 Å². The van der Waals surface area contributed by atoms with E-state index in [1.165, 1.54) is 0 Å². The van der Waals surface area contributed by atoms with Gasteiger partial charge < -0.3 is 14.5 Å². The van der Waals surface area contributed by atoms with Crippen LogP contribution in [-0.2, 0) is 4.74 Å². The Hall–Kier alpha value is -2.22. The molecule has 27 heavy (non-hydrogen) atoms. The van der Waals surface area contributed by atoms with Gasteiger partial charge in [-0.1, -0.05) is 12.1 Å². The lowest BCUT2D eigenvalue weighted by Gasteiger charge is -2.26. The smallest absolute Gasteiger partial charge is 0.287 e. The molecule has 3 heterocycles. The first-order chi connectivity index (χ1) is 13.3. The van der Waals surface area contributed by atoms with Crippen molar-refractivity contribution in [2.24, 2.45) is 0 Å². The van der Waals surface area contributed by atoms with Crippen LogP contribution in [0.5, 0.6) is 0 Å². The predicted octanol–water partition coefficient (Wildman–Crippen LogP) is 3.40. The first-order valence-corrected chi connectivity index (χ1v) is 10.2. The van der Waals surface area contributed by atoms with Crippen LogP contribution >= 0.6 is 11.3 Å². The summed E-state index contributed by atoms with van der Waals surface area (Å²) in [5.74, 6) is 0.792. The minimum absolute atomic E-state index is 0.172. The minimum atomic E-state index is -0.172. The molecule has 1 saturated heterocycles. The van der Waals surface area contributed by atoms with Gasteiger partial charge >= 0.3 is 0 Å². The Kier molecular flexibility index (Phi) is 5.81. The van der Waals surface area contributed by atoms with Gasteiger partial charge in [0, 0.05) is 19.6 Å². The number of carbonyl (C=O) groups excluding carboxylic acids is 1. The maximum absolute atomic E-state index is 12.3. The van der Waals surface area contributed by atoms with Crippen LogP contribution in [0.15, 0.2) is 40.8 Å². The highest BCUT2D eigenvalue weighted by Gasteiger charge is 2.15. The standard InChI is InChI=1S/C20H23N3O3S/c24-19(21-9-3-4-10-23-11-13-25-14-12-23)16-7-8-17(26-16)20-22-15-5-1-2-6-18(15)27-20/h1-2,5-8H,3-4,9-14H2,(H,21,24). The van der Waals surface area contributed by atoms with E-state index in [-0.39, 0.29) is 5.91 Å². The summed E-state index contributed by atoms with van der Waals surface area (Å²) < 4.78 is 12.2. The fourth-order valence-electron chi connectivity index (χ4n) is 3.13. The molecule has 1 aliphatic rings. The molecular formula is C20H23N3O3S. The third kappa shape index (κ3) is 4.55. The molecule has 1 amide bonds. The molecule has 1 N–H and O–H groups in total. The fraction of sp³-hybridized carbons (Fsp3) is 0.400. The lowest BCUT2D eigenvalue weighted by molar-refractivity contribution is 0.0372. The number of amides is 1. The molecule has 0 atom stereocenters. The average Bonchev–Trinajstić information content (AvgIpc) is 3.35. The second-order valence-corrected chi connectivity index (χ2v) is 7.60. The molecule has 0 aliphatic carbocycles. The van der Waals surface area contributed by atoms with Crippen LogP contribution in [-0.4, -0.2) is 55.2 Å². The highest BCUT2D eigenvalue weighted by Crippen LogP contribution is 2.31. The number of unbranched alkanes of at least 4 members (excludes halogenated alkanes) is 1. The van der Waals surface area contributed by atoms with Crippen LogP contribution in [0.4, 0.5) is 0 Å². The number of hydrogen-bond acceptors (Lipinski definition) is 6. The third-order valence-corrected chi connectivity index (χ3v) is 5.68. The van der Waals surface area contributed by atoms with Crippen LogP contribution in [0.25, 0.3) is 21.0 Å². The van der Waals surface area contributed by atoms with Crippen LogP contribution in [0, 0.1) is 0 Å². The van der Waals surface area contributed by atoms with Crippen molar-refractivity contribution in [2.75, 3.05) is 39.4 Å². The molecule has 7 heteroatoms. The zero-order chi connectivity index (χ0) is 18.5. The van der Waals surface area contributed by atoms with Crippen LogP contribution < -0.4 is 5.32 Å². The van der Waals surface area contributed by atoms with Crippen molar-refractivity contribution in [1.82, 2.24) is 15.2 Å².